The van der Waals surface area contributed by atoms with E-state index in [9.17, 15) is 13.2 Å². The van der Waals surface area contributed by atoms with Crippen molar-refractivity contribution in [3.8, 4) is 0 Å². The van der Waals surface area contributed by atoms with Gasteiger partial charge in [-0.15, -0.1) is 0 Å². The summed E-state index contributed by atoms with van der Waals surface area (Å²) in [6.45, 7) is 1.71. The maximum atomic E-state index is 12.7. The van der Waals surface area contributed by atoms with Gasteiger partial charge in [0.25, 0.3) is 0 Å². The predicted octanol–water partition coefficient (Wildman–Crippen LogP) is 4.95. The van der Waals surface area contributed by atoms with Crippen molar-refractivity contribution in [3.05, 3.63) is 89.0 Å². The summed E-state index contributed by atoms with van der Waals surface area (Å²) in [5.74, 6) is 0.613. The first kappa shape index (κ1) is 22.1. The molecule has 31 heavy (non-hydrogen) atoms. The maximum Gasteiger partial charge on any atom is 0.416 e. The first-order chi connectivity index (χ1) is 14.8. The van der Waals surface area contributed by atoms with Crippen molar-refractivity contribution in [1.29, 1.82) is 0 Å². The molecule has 0 fully saturated rings. The molecule has 0 bridgehead atoms. The van der Waals surface area contributed by atoms with E-state index in [1.165, 1.54) is 25.5 Å². The van der Waals surface area contributed by atoms with Gasteiger partial charge >= 0.3 is 6.18 Å². The molecule has 1 atom stereocenters. The van der Waals surface area contributed by atoms with Crippen LogP contribution in [0.4, 0.5) is 13.2 Å². The van der Waals surface area contributed by atoms with E-state index in [-0.39, 0.29) is 0 Å². The molecule has 0 aliphatic rings. The van der Waals surface area contributed by atoms with E-state index in [1.54, 1.807) is 19.3 Å². The lowest BCUT2D eigenvalue weighted by Crippen LogP contribution is -2.13. The minimum absolute atomic E-state index is 0.521. The van der Waals surface area contributed by atoms with E-state index in [1.807, 2.05) is 35.9 Å². The lowest BCUT2D eigenvalue weighted by Gasteiger charge is -2.12. The molecule has 0 spiro atoms. The van der Waals surface area contributed by atoms with Crippen molar-refractivity contribution in [3.63, 3.8) is 0 Å². The second-order valence-electron chi connectivity index (χ2n) is 6.67. The van der Waals surface area contributed by atoms with Crippen LogP contribution in [-0.4, -0.2) is 28.6 Å². The average molecular weight is 430 g/mol. The van der Waals surface area contributed by atoms with Gasteiger partial charge in [-0.3, -0.25) is 0 Å². The fraction of sp³-hybridized carbons (Fsp3) is 0.227. The van der Waals surface area contributed by atoms with Crippen LogP contribution in [-0.2, 0) is 22.9 Å². The molecular weight excluding hydrogens is 409 g/mol. The van der Waals surface area contributed by atoms with Crippen LogP contribution in [0, 0.1) is 0 Å². The van der Waals surface area contributed by atoms with Gasteiger partial charge in [0.1, 0.15) is 13.2 Å². The number of hydrogen-bond acceptors (Lipinski definition) is 5. The number of aryl methyl sites for hydroxylation is 1. The number of oxime groups is 2. The van der Waals surface area contributed by atoms with E-state index >= 15 is 0 Å². The standard InChI is InChI=1S/C22H21F3N4O2/c1-15(16-8-10-18(11-9-16)22(23,24)25)31-27-14-17-6-4-5-7-19(17)20(28-30-3)21-26-12-13-29(21)2/h4-15H,1-3H3/b27-14+,28-20-. The van der Waals surface area contributed by atoms with Crippen LogP contribution in [0.2, 0.25) is 0 Å². The third-order valence-corrected chi connectivity index (χ3v) is 4.55. The summed E-state index contributed by atoms with van der Waals surface area (Å²) in [6, 6.07) is 12.2. The molecule has 0 aliphatic heterocycles. The largest absolute Gasteiger partial charge is 0.416 e. The molecule has 0 aliphatic carbocycles. The third-order valence-electron chi connectivity index (χ3n) is 4.55. The molecule has 0 radical (unpaired) electrons. The van der Waals surface area contributed by atoms with Gasteiger partial charge in [-0.2, -0.15) is 13.2 Å². The average Bonchev–Trinajstić information content (AvgIpc) is 3.17. The Labute approximate surface area is 177 Å². The second-order valence-corrected chi connectivity index (χ2v) is 6.67. The zero-order valence-corrected chi connectivity index (χ0v) is 17.2. The number of alkyl halides is 3. The molecule has 1 aromatic heterocycles. The molecule has 3 aromatic rings. The molecular formula is C22H21F3N4O2. The zero-order chi connectivity index (χ0) is 22.4. The van der Waals surface area contributed by atoms with Crippen LogP contribution in [0.25, 0.3) is 0 Å². The number of benzene rings is 2. The van der Waals surface area contributed by atoms with Gasteiger partial charge in [-0.05, 0) is 24.6 Å². The van der Waals surface area contributed by atoms with Crippen molar-refractivity contribution >= 4 is 11.9 Å². The van der Waals surface area contributed by atoms with E-state index in [2.05, 4.69) is 15.3 Å². The Hall–Kier alpha value is -3.62. The molecule has 6 nitrogen and oxygen atoms in total. The van der Waals surface area contributed by atoms with E-state index < -0.39 is 17.8 Å². The molecule has 0 saturated heterocycles. The van der Waals surface area contributed by atoms with Crippen molar-refractivity contribution in [2.45, 2.75) is 19.2 Å². The molecule has 2 aromatic carbocycles. The highest BCUT2D eigenvalue weighted by Gasteiger charge is 2.30. The summed E-state index contributed by atoms with van der Waals surface area (Å²) >= 11 is 0. The molecule has 0 N–H and O–H groups in total. The van der Waals surface area contributed by atoms with Gasteiger partial charge < -0.3 is 14.2 Å². The van der Waals surface area contributed by atoms with Crippen molar-refractivity contribution in [2.24, 2.45) is 17.4 Å². The van der Waals surface area contributed by atoms with Gasteiger partial charge in [-0.1, -0.05) is 46.7 Å². The van der Waals surface area contributed by atoms with Gasteiger partial charge in [-0.25, -0.2) is 4.98 Å². The summed E-state index contributed by atoms with van der Waals surface area (Å²) in [5, 5.41) is 8.14. The summed E-state index contributed by atoms with van der Waals surface area (Å²) in [4.78, 5) is 14.8. The second kappa shape index (κ2) is 9.46. The highest BCUT2D eigenvalue weighted by Crippen LogP contribution is 2.30. The fourth-order valence-corrected chi connectivity index (χ4v) is 2.90. The van der Waals surface area contributed by atoms with Crippen LogP contribution in [0.1, 0.15) is 41.1 Å². The highest BCUT2D eigenvalue weighted by atomic mass is 19.4. The number of rotatable bonds is 7. The quantitative estimate of drug-likeness (QED) is 0.394. The normalized spacial score (nSPS) is 13.4. The minimum Gasteiger partial charge on any atom is -0.399 e. The fourth-order valence-electron chi connectivity index (χ4n) is 2.90. The zero-order valence-electron chi connectivity index (χ0n) is 17.2. The molecule has 0 saturated carbocycles. The Morgan fingerprint density at radius 1 is 1.13 bits per heavy atom. The van der Waals surface area contributed by atoms with Gasteiger partial charge in [0, 0.05) is 30.6 Å². The van der Waals surface area contributed by atoms with Crippen LogP contribution >= 0.6 is 0 Å². The number of imidazole rings is 1. The monoisotopic (exact) mass is 430 g/mol. The molecule has 1 unspecified atom stereocenters. The maximum absolute atomic E-state index is 12.7. The topological polar surface area (TPSA) is 61.0 Å². The Kier molecular flexibility index (Phi) is 6.74. The first-order valence-corrected chi connectivity index (χ1v) is 9.36. The van der Waals surface area contributed by atoms with Crippen LogP contribution < -0.4 is 0 Å². The number of nitrogens with zero attached hydrogens (tertiary/aromatic N) is 4. The Morgan fingerprint density at radius 2 is 1.84 bits per heavy atom. The Morgan fingerprint density at radius 3 is 2.45 bits per heavy atom. The number of hydrogen-bond donors (Lipinski definition) is 0. The van der Waals surface area contributed by atoms with Crippen molar-refractivity contribution in [2.75, 3.05) is 7.11 Å². The third kappa shape index (κ3) is 5.30. The SMILES string of the molecule is CO/N=C(/c1ccccc1/C=N/OC(C)c1ccc(C(F)(F)F)cc1)c1nccn1C. The molecule has 3 rings (SSSR count). The van der Waals surface area contributed by atoms with Crippen LogP contribution in [0.15, 0.2) is 71.2 Å². The minimum atomic E-state index is -4.38. The van der Waals surface area contributed by atoms with E-state index in [0.717, 1.165) is 17.7 Å². The summed E-state index contributed by atoms with van der Waals surface area (Å²) in [6.07, 6.45) is 0.0637. The van der Waals surface area contributed by atoms with E-state index in [0.29, 0.717) is 22.7 Å². The van der Waals surface area contributed by atoms with Crippen LogP contribution in [0.5, 0.6) is 0 Å². The Balaban J connectivity index is 1.79. The van der Waals surface area contributed by atoms with Gasteiger partial charge in [0.2, 0.25) is 0 Å². The molecule has 162 valence electrons. The number of halogens is 3. The predicted molar refractivity (Wildman–Crippen MR) is 111 cm³/mol. The Bertz CT molecular complexity index is 1070. The summed E-state index contributed by atoms with van der Waals surface area (Å²) in [5.41, 5.74) is 1.83. The molecule has 1 heterocycles. The van der Waals surface area contributed by atoms with Gasteiger partial charge in [0.05, 0.1) is 11.8 Å². The molecule has 0 amide bonds. The highest BCUT2D eigenvalue weighted by molar-refractivity contribution is 6.14. The van der Waals surface area contributed by atoms with Gasteiger partial charge in [0.15, 0.2) is 11.5 Å². The summed E-state index contributed by atoms with van der Waals surface area (Å²) in [7, 11) is 3.30. The number of aromatic nitrogens is 2. The summed E-state index contributed by atoms with van der Waals surface area (Å²) < 4.78 is 40.0. The lowest BCUT2D eigenvalue weighted by atomic mass is 10.0. The van der Waals surface area contributed by atoms with Crippen LogP contribution in [0.3, 0.4) is 0 Å². The van der Waals surface area contributed by atoms with Crippen molar-refractivity contribution in [1.82, 2.24) is 9.55 Å². The van der Waals surface area contributed by atoms with E-state index in [4.69, 9.17) is 9.68 Å². The molecule has 9 heteroatoms. The first-order valence-electron chi connectivity index (χ1n) is 9.36. The van der Waals surface area contributed by atoms with Crippen molar-refractivity contribution < 1.29 is 22.8 Å². The lowest BCUT2D eigenvalue weighted by molar-refractivity contribution is -0.137. The smallest absolute Gasteiger partial charge is 0.399 e.